The molecule has 0 bridgehead atoms. The SMILES string of the molecule is CCOc1ccc(N)cc1Cn1nc(C)c(Cl)c1C. The van der Waals surface area contributed by atoms with E-state index in [1.165, 1.54) is 0 Å². The summed E-state index contributed by atoms with van der Waals surface area (Å²) in [5.41, 5.74) is 9.34. The van der Waals surface area contributed by atoms with E-state index in [9.17, 15) is 0 Å². The number of aromatic nitrogens is 2. The van der Waals surface area contributed by atoms with Gasteiger partial charge in [-0.2, -0.15) is 5.10 Å². The summed E-state index contributed by atoms with van der Waals surface area (Å²) in [5, 5.41) is 5.13. The van der Waals surface area contributed by atoms with Crippen molar-refractivity contribution < 1.29 is 4.74 Å². The lowest BCUT2D eigenvalue weighted by atomic mass is 10.1. The van der Waals surface area contributed by atoms with Gasteiger partial charge >= 0.3 is 0 Å². The Balaban J connectivity index is 2.36. The van der Waals surface area contributed by atoms with Gasteiger partial charge in [-0.25, -0.2) is 0 Å². The van der Waals surface area contributed by atoms with Crippen LogP contribution in [-0.4, -0.2) is 16.4 Å². The van der Waals surface area contributed by atoms with Gasteiger partial charge in [0.15, 0.2) is 0 Å². The molecule has 5 heteroatoms. The number of halogens is 1. The molecular formula is C14H18ClN3O. The Labute approximate surface area is 118 Å². The first-order chi connectivity index (χ1) is 9.02. The molecule has 2 N–H and O–H groups in total. The normalized spacial score (nSPS) is 10.7. The van der Waals surface area contributed by atoms with Gasteiger partial charge in [-0.15, -0.1) is 0 Å². The van der Waals surface area contributed by atoms with E-state index < -0.39 is 0 Å². The lowest BCUT2D eigenvalue weighted by Crippen LogP contribution is -2.07. The summed E-state index contributed by atoms with van der Waals surface area (Å²) < 4.78 is 7.48. The molecule has 0 spiro atoms. The fourth-order valence-corrected chi connectivity index (χ4v) is 2.14. The molecule has 4 nitrogen and oxygen atoms in total. The van der Waals surface area contributed by atoms with E-state index in [4.69, 9.17) is 22.1 Å². The molecule has 19 heavy (non-hydrogen) atoms. The van der Waals surface area contributed by atoms with Crippen LogP contribution in [0, 0.1) is 13.8 Å². The molecule has 0 atom stereocenters. The minimum atomic E-state index is 0.597. The van der Waals surface area contributed by atoms with Gasteiger partial charge in [-0.1, -0.05) is 11.6 Å². The number of nitrogens with two attached hydrogens (primary N) is 1. The molecule has 0 amide bonds. The first-order valence-electron chi connectivity index (χ1n) is 6.23. The molecule has 1 heterocycles. The summed E-state index contributed by atoms with van der Waals surface area (Å²) in [7, 11) is 0. The molecule has 0 fully saturated rings. The Kier molecular flexibility index (Phi) is 4.00. The predicted molar refractivity (Wildman–Crippen MR) is 77.8 cm³/mol. The maximum absolute atomic E-state index is 6.16. The van der Waals surface area contributed by atoms with Crippen LogP contribution < -0.4 is 10.5 Å². The van der Waals surface area contributed by atoms with E-state index in [1.54, 1.807) is 0 Å². The molecule has 2 aromatic rings. The van der Waals surface area contributed by atoms with Crippen LogP contribution >= 0.6 is 11.6 Å². The highest BCUT2D eigenvalue weighted by molar-refractivity contribution is 6.31. The summed E-state index contributed by atoms with van der Waals surface area (Å²) in [6.07, 6.45) is 0. The smallest absolute Gasteiger partial charge is 0.124 e. The van der Waals surface area contributed by atoms with E-state index in [0.29, 0.717) is 23.9 Å². The molecule has 1 aromatic carbocycles. The maximum atomic E-state index is 6.16. The highest BCUT2D eigenvalue weighted by Crippen LogP contribution is 2.25. The van der Waals surface area contributed by atoms with Crippen molar-refractivity contribution in [2.24, 2.45) is 0 Å². The van der Waals surface area contributed by atoms with Crippen LogP contribution in [0.15, 0.2) is 18.2 Å². The highest BCUT2D eigenvalue weighted by Gasteiger charge is 2.12. The molecule has 0 aliphatic carbocycles. The molecule has 0 aliphatic heterocycles. The third-order valence-corrected chi connectivity index (χ3v) is 3.54. The van der Waals surface area contributed by atoms with Gasteiger partial charge in [0.05, 0.1) is 29.6 Å². The lowest BCUT2D eigenvalue weighted by molar-refractivity contribution is 0.335. The number of anilines is 1. The van der Waals surface area contributed by atoms with Crippen molar-refractivity contribution in [2.45, 2.75) is 27.3 Å². The summed E-state index contributed by atoms with van der Waals surface area (Å²) in [6, 6.07) is 5.64. The number of hydrogen-bond acceptors (Lipinski definition) is 3. The fraction of sp³-hybridized carbons (Fsp3) is 0.357. The second-order valence-corrected chi connectivity index (χ2v) is 4.82. The third kappa shape index (κ3) is 2.84. The van der Waals surface area contributed by atoms with Crippen LogP contribution in [0.5, 0.6) is 5.75 Å². The average molecular weight is 280 g/mol. The monoisotopic (exact) mass is 279 g/mol. The van der Waals surface area contributed by atoms with Gasteiger partial charge in [-0.05, 0) is 39.0 Å². The van der Waals surface area contributed by atoms with E-state index >= 15 is 0 Å². The summed E-state index contributed by atoms with van der Waals surface area (Å²) >= 11 is 6.16. The van der Waals surface area contributed by atoms with Gasteiger partial charge in [0.2, 0.25) is 0 Å². The Bertz CT molecular complexity index is 593. The van der Waals surface area contributed by atoms with E-state index in [-0.39, 0.29) is 0 Å². The second-order valence-electron chi connectivity index (χ2n) is 4.44. The number of rotatable bonds is 4. The van der Waals surface area contributed by atoms with Crippen molar-refractivity contribution in [2.75, 3.05) is 12.3 Å². The van der Waals surface area contributed by atoms with Gasteiger partial charge in [0.25, 0.3) is 0 Å². The van der Waals surface area contributed by atoms with Crippen molar-refractivity contribution in [3.8, 4) is 5.75 Å². The van der Waals surface area contributed by atoms with Crippen molar-refractivity contribution in [1.82, 2.24) is 9.78 Å². The molecule has 0 unspecified atom stereocenters. The summed E-state index contributed by atoms with van der Waals surface area (Å²) in [5.74, 6) is 0.834. The molecule has 0 radical (unpaired) electrons. The molecule has 2 rings (SSSR count). The minimum Gasteiger partial charge on any atom is -0.494 e. The van der Waals surface area contributed by atoms with Crippen molar-refractivity contribution in [3.05, 3.63) is 40.2 Å². The minimum absolute atomic E-state index is 0.597. The van der Waals surface area contributed by atoms with Crippen LogP contribution in [0.1, 0.15) is 23.9 Å². The van der Waals surface area contributed by atoms with Crippen LogP contribution in [0.3, 0.4) is 0 Å². The third-order valence-electron chi connectivity index (χ3n) is 3.00. The summed E-state index contributed by atoms with van der Waals surface area (Å²) in [6.45, 7) is 7.03. The molecular weight excluding hydrogens is 262 g/mol. The fourth-order valence-electron chi connectivity index (χ4n) is 2.01. The van der Waals surface area contributed by atoms with Gasteiger partial charge in [0.1, 0.15) is 5.75 Å². The van der Waals surface area contributed by atoms with Crippen LogP contribution in [0.4, 0.5) is 5.69 Å². The van der Waals surface area contributed by atoms with Crippen LogP contribution in [0.25, 0.3) is 0 Å². The molecule has 1 aromatic heterocycles. The van der Waals surface area contributed by atoms with Crippen molar-refractivity contribution >= 4 is 17.3 Å². The lowest BCUT2D eigenvalue weighted by Gasteiger charge is -2.12. The number of benzene rings is 1. The Hall–Kier alpha value is -1.68. The predicted octanol–water partition coefficient (Wildman–Crippen LogP) is 3.18. The zero-order valence-corrected chi connectivity index (χ0v) is 12.2. The number of aryl methyl sites for hydroxylation is 1. The number of nitrogen functional groups attached to an aromatic ring is 1. The first-order valence-corrected chi connectivity index (χ1v) is 6.61. The molecule has 102 valence electrons. The van der Waals surface area contributed by atoms with Crippen LogP contribution in [0.2, 0.25) is 5.02 Å². The summed E-state index contributed by atoms with van der Waals surface area (Å²) in [4.78, 5) is 0. The Morgan fingerprint density at radius 2 is 2.11 bits per heavy atom. The first kappa shape index (κ1) is 13.7. The largest absolute Gasteiger partial charge is 0.494 e. The molecule has 0 saturated heterocycles. The molecule has 0 aliphatic rings. The standard InChI is InChI=1S/C14H18ClN3O/c1-4-19-13-6-5-12(16)7-11(13)8-18-10(3)14(15)9(2)17-18/h5-7H,4,8,16H2,1-3H3. The van der Waals surface area contributed by atoms with E-state index in [2.05, 4.69) is 5.10 Å². The van der Waals surface area contributed by atoms with Crippen molar-refractivity contribution in [1.29, 1.82) is 0 Å². The quantitative estimate of drug-likeness (QED) is 0.875. The second kappa shape index (κ2) is 5.53. The molecule has 0 saturated carbocycles. The number of nitrogens with zero attached hydrogens (tertiary/aromatic N) is 2. The number of hydrogen-bond donors (Lipinski definition) is 1. The topological polar surface area (TPSA) is 53.1 Å². The number of ether oxygens (including phenoxy) is 1. The van der Waals surface area contributed by atoms with E-state index in [1.807, 2.05) is 43.7 Å². The van der Waals surface area contributed by atoms with Gasteiger partial charge in [-0.3, -0.25) is 4.68 Å². The zero-order valence-electron chi connectivity index (χ0n) is 11.4. The van der Waals surface area contributed by atoms with Crippen LogP contribution in [-0.2, 0) is 6.54 Å². The Morgan fingerprint density at radius 3 is 2.68 bits per heavy atom. The van der Waals surface area contributed by atoms with Gasteiger partial charge in [0, 0.05) is 11.3 Å². The van der Waals surface area contributed by atoms with Crippen molar-refractivity contribution in [3.63, 3.8) is 0 Å². The zero-order chi connectivity index (χ0) is 14.0. The van der Waals surface area contributed by atoms with E-state index in [0.717, 1.165) is 22.7 Å². The highest BCUT2D eigenvalue weighted by atomic mass is 35.5. The maximum Gasteiger partial charge on any atom is 0.124 e. The average Bonchev–Trinajstić information content (AvgIpc) is 2.61. The van der Waals surface area contributed by atoms with Gasteiger partial charge < -0.3 is 10.5 Å². The Morgan fingerprint density at radius 1 is 1.37 bits per heavy atom.